The van der Waals surface area contributed by atoms with Gasteiger partial charge in [-0.3, -0.25) is 4.79 Å². The van der Waals surface area contributed by atoms with E-state index in [9.17, 15) is 4.79 Å². The topological polar surface area (TPSA) is 69.0 Å². The summed E-state index contributed by atoms with van der Waals surface area (Å²) in [5.41, 5.74) is 2.54. The normalized spacial score (nSPS) is 15.8. The van der Waals surface area contributed by atoms with Crippen molar-refractivity contribution in [3.8, 4) is 5.75 Å². The standard InChI is InChI=1S/C22H30N4O2S/c1-5-7-8-13-28-18-11-9-17(10-12-18)20-19(16(4)27)15(3)23-21-24-22(25-26(20)21)29-14-6-2/h9-12,20H,5-8,13-14H2,1-4H3,(H,23,24,25). The first-order chi connectivity index (χ1) is 14.0. The zero-order valence-electron chi connectivity index (χ0n) is 17.7. The van der Waals surface area contributed by atoms with E-state index >= 15 is 0 Å². The number of carbonyl (C=O) groups excluding carboxylic acids is 1. The summed E-state index contributed by atoms with van der Waals surface area (Å²) in [6, 6.07) is 7.69. The van der Waals surface area contributed by atoms with E-state index in [-0.39, 0.29) is 11.8 Å². The van der Waals surface area contributed by atoms with Gasteiger partial charge >= 0.3 is 0 Å². The second-order valence-corrected chi connectivity index (χ2v) is 8.32. The first-order valence-electron chi connectivity index (χ1n) is 10.4. The molecule has 1 aromatic heterocycles. The second kappa shape index (κ2) is 9.96. The number of Topliss-reactive ketones (excluding diaryl/α,β-unsaturated/α-hetero) is 1. The maximum atomic E-state index is 12.5. The lowest BCUT2D eigenvalue weighted by Crippen LogP contribution is -2.27. The number of aromatic nitrogens is 3. The van der Waals surface area contributed by atoms with Gasteiger partial charge in [-0.25, -0.2) is 4.68 Å². The number of unbranched alkanes of at least 4 members (excludes halogenated alkanes) is 2. The van der Waals surface area contributed by atoms with Gasteiger partial charge in [0.25, 0.3) is 0 Å². The summed E-state index contributed by atoms with van der Waals surface area (Å²) in [6.07, 6.45) is 4.47. The number of ether oxygens (including phenoxy) is 1. The van der Waals surface area contributed by atoms with Crippen molar-refractivity contribution < 1.29 is 9.53 Å². The van der Waals surface area contributed by atoms with Crippen molar-refractivity contribution >= 4 is 23.5 Å². The highest BCUT2D eigenvalue weighted by atomic mass is 32.2. The number of benzene rings is 1. The van der Waals surface area contributed by atoms with Gasteiger partial charge in [0.1, 0.15) is 11.8 Å². The molecule has 1 unspecified atom stereocenters. The van der Waals surface area contributed by atoms with Crippen LogP contribution in [0.3, 0.4) is 0 Å². The van der Waals surface area contributed by atoms with E-state index in [0.717, 1.165) is 47.4 Å². The van der Waals surface area contributed by atoms with Gasteiger partial charge in [-0.15, -0.1) is 5.10 Å². The van der Waals surface area contributed by atoms with Crippen LogP contribution in [-0.4, -0.2) is 32.9 Å². The number of carbonyl (C=O) groups is 1. The third-order valence-electron chi connectivity index (χ3n) is 4.86. The maximum Gasteiger partial charge on any atom is 0.227 e. The van der Waals surface area contributed by atoms with Crippen LogP contribution in [-0.2, 0) is 4.79 Å². The molecule has 2 heterocycles. The minimum Gasteiger partial charge on any atom is -0.494 e. The number of thioether (sulfide) groups is 1. The Bertz CT molecular complexity index is 873. The van der Waals surface area contributed by atoms with Crippen molar-refractivity contribution in [3.63, 3.8) is 0 Å². The lowest BCUT2D eigenvalue weighted by atomic mass is 9.93. The molecule has 1 aliphatic heterocycles. The number of nitrogens with one attached hydrogen (secondary N) is 1. The number of allylic oxidation sites excluding steroid dienone is 2. The Labute approximate surface area is 177 Å². The van der Waals surface area contributed by atoms with Crippen molar-refractivity contribution in [2.75, 3.05) is 17.7 Å². The van der Waals surface area contributed by atoms with Crippen LogP contribution in [0.2, 0.25) is 0 Å². The first kappa shape index (κ1) is 21.4. The molecule has 0 spiro atoms. The van der Waals surface area contributed by atoms with E-state index in [1.165, 1.54) is 12.8 Å². The van der Waals surface area contributed by atoms with E-state index in [2.05, 4.69) is 24.1 Å². The zero-order chi connectivity index (χ0) is 20.8. The Kier molecular flexibility index (Phi) is 7.36. The third kappa shape index (κ3) is 5.01. The average Bonchev–Trinajstić information content (AvgIpc) is 3.11. The smallest absolute Gasteiger partial charge is 0.227 e. The SMILES string of the molecule is CCCCCOc1ccc(C2C(C(C)=O)=C(C)Nc3nc(SCCC)nn32)cc1. The van der Waals surface area contributed by atoms with Crippen LogP contribution in [0.25, 0.3) is 0 Å². The molecule has 0 aliphatic carbocycles. The van der Waals surface area contributed by atoms with Gasteiger partial charge in [0, 0.05) is 17.0 Å². The maximum absolute atomic E-state index is 12.5. The number of fused-ring (bicyclic) bond motifs is 1. The molecule has 0 amide bonds. The molecular formula is C22H30N4O2S. The third-order valence-corrected chi connectivity index (χ3v) is 5.90. The van der Waals surface area contributed by atoms with Gasteiger partial charge in [-0.2, -0.15) is 4.98 Å². The molecule has 0 saturated heterocycles. The summed E-state index contributed by atoms with van der Waals surface area (Å²) < 4.78 is 7.67. The summed E-state index contributed by atoms with van der Waals surface area (Å²) in [6.45, 7) is 8.57. The van der Waals surface area contributed by atoms with Crippen molar-refractivity contribution in [1.82, 2.24) is 14.8 Å². The van der Waals surface area contributed by atoms with Crippen LogP contribution in [0.15, 0.2) is 40.7 Å². The largest absolute Gasteiger partial charge is 0.494 e. The van der Waals surface area contributed by atoms with Crippen molar-refractivity contribution in [3.05, 3.63) is 41.1 Å². The second-order valence-electron chi connectivity index (χ2n) is 7.26. The van der Waals surface area contributed by atoms with Crippen LogP contribution >= 0.6 is 11.8 Å². The average molecular weight is 415 g/mol. The van der Waals surface area contributed by atoms with E-state index in [0.29, 0.717) is 11.5 Å². The van der Waals surface area contributed by atoms with Gasteiger partial charge in [0.15, 0.2) is 5.78 Å². The highest BCUT2D eigenvalue weighted by molar-refractivity contribution is 7.99. The van der Waals surface area contributed by atoms with Crippen molar-refractivity contribution in [2.45, 2.75) is 64.6 Å². The van der Waals surface area contributed by atoms with E-state index in [1.54, 1.807) is 18.7 Å². The summed E-state index contributed by atoms with van der Waals surface area (Å²) in [5, 5.41) is 8.67. The molecule has 0 fully saturated rings. The molecule has 6 nitrogen and oxygen atoms in total. The number of hydrogen-bond acceptors (Lipinski definition) is 6. The van der Waals surface area contributed by atoms with Crippen LogP contribution in [0.4, 0.5) is 5.95 Å². The van der Waals surface area contributed by atoms with Crippen molar-refractivity contribution in [1.29, 1.82) is 0 Å². The molecule has 1 N–H and O–H groups in total. The zero-order valence-corrected chi connectivity index (χ0v) is 18.5. The lowest BCUT2D eigenvalue weighted by molar-refractivity contribution is -0.114. The van der Waals surface area contributed by atoms with E-state index in [4.69, 9.17) is 9.84 Å². The fourth-order valence-corrected chi connectivity index (χ4v) is 4.12. The molecule has 1 aliphatic rings. The van der Waals surface area contributed by atoms with Crippen LogP contribution in [0.5, 0.6) is 5.75 Å². The Morgan fingerprint density at radius 2 is 1.97 bits per heavy atom. The van der Waals surface area contributed by atoms with Gasteiger partial charge < -0.3 is 10.1 Å². The number of rotatable bonds is 10. The highest BCUT2D eigenvalue weighted by Crippen LogP contribution is 2.37. The van der Waals surface area contributed by atoms with Gasteiger partial charge in [-0.05, 0) is 44.4 Å². The number of anilines is 1. The molecule has 3 rings (SSSR count). The molecule has 0 bridgehead atoms. The van der Waals surface area contributed by atoms with Crippen molar-refractivity contribution in [2.24, 2.45) is 0 Å². The Hall–Kier alpha value is -2.28. The van der Waals surface area contributed by atoms with E-state index < -0.39 is 0 Å². The minimum absolute atomic E-state index is 0.0313. The number of ketones is 1. The summed E-state index contributed by atoms with van der Waals surface area (Å²) in [5.74, 6) is 2.52. The minimum atomic E-state index is -0.290. The first-order valence-corrected chi connectivity index (χ1v) is 11.3. The fourth-order valence-electron chi connectivity index (χ4n) is 3.44. The molecular weight excluding hydrogens is 384 g/mol. The molecule has 1 aromatic carbocycles. The molecule has 0 radical (unpaired) electrons. The van der Waals surface area contributed by atoms with Crippen LogP contribution in [0, 0.1) is 0 Å². The van der Waals surface area contributed by atoms with Gasteiger partial charge in [-0.1, -0.05) is 50.6 Å². The molecule has 1 atom stereocenters. The van der Waals surface area contributed by atoms with Crippen LogP contribution in [0.1, 0.15) is 65.0 Å². The van der Waals surface area contributed by atoms with Crippen LogP contribution < -0.4 is 10.1 Å². The summed E-state index contributed by atoms with van der Waals surface area (Å²) in [7, 11) is 0. The predicted molar refractivity (Wildman–Crippen MR) is 118 cm³/mol. The Morgan fingerprint density at radius 3 is 2.62 bits per heavy atom. The quantitative estimate of drug-likeness (QED) is 0.424. The monoisotopic (exact) mass is 414 g/mol. The summed E-state index contributed by atoms with van der Waals surface area (Å²) in [4.78, 5) is 17.1. The predicted octanol–water partition coefficient (Wildman–Crippen LogP) is 5.23. The molecule has 2 aromatic rings. The Balaban J connectivity index is 1.89. The van der Waals surface area contributed by atoms with Gasteiger partial charge in [0.05, 0.1) is 6.61 Å². The molecule has 29 heavy (non-hydrogen) atoms. The van der Waals surface area contributed by atoms with Gasteiger partial charge in [0.2, 0.25) is 11.1 Å². The molecule has 0 saturated carbocycles. The highest BCUT2D eigenvalue weighted by Gasteiger charge is 2.32. The van der Waals surface area contributed by atoms with E-state index in [1.807, 2.05) is 35.9 Å². The number of nitrogens with zero attached hydrogens (tertiary/aromatic N) is 3. The fraction of sp³-hybridized carbons (Fsp3) is 0.500. The number of hydrogen-bond donors (Lipinski definition) is 1. The molecule has 156 valence electrons. The molecule has 7 heteroatoms. The lowest BCUT2D eigenvalue weighted by Gasteiger charge is -2.28. The summed E-state index contributed by atoms with van der Waals surface area (Å²) >= 11 is 1.63. The Morgan fingerprint density at radius 1 is 1.21 bits per heavy atom.